The summed E-state index contributed by atoms with van der Waals surface area (Å²) < 4.78 is 2.17. The van der Waals surface area contributed by atoms with Crippen molar-refractivity contribution in [2.75, 3.05) is 0 Å². The summed E-state index contributed by atoms with van der Waals surface area (Å²) in [5.74, 6) is 0. The topological polar surface area (TPSA) is 91.6 Å². The van der Waals surface area contributed by atoms with E-state index in [4.69, 9.17) is 10.5 Å². The third-order valence-corrected chi connectivity index (χ3v) is 2.49. The second-order valence-electron chi connectivity index (χ2n) is 3.63. The van der Waals surface area contributed by atoms with Crippen LogP contribution in [0.1, 0.15) is 24.4 Å². The van der Waals surface area contributed by atoms with Crippen LogP contribution < -0.4 is 11.2 Å². The molecule has 1 aromatic rings. The van der Waals surface area contributed by atoms with Gasteiger partial charge in [0.25, 0.3) is 5.56 Å². The van der Waals surface area contributed by atoms with Gasteiger partial charge < -0.3 is 0 Å². The summed E-state index contributed by atoms with van der Waals surface area (Å²) in [7, 11) is 0. The Morgan fingerprint density at radius 2 is 2.06 bits per heavy atom. The number of aromatic nitrogens is 2. The summed E-state index contributed by atoms with van der Waals surface area (Å²) in [6.45, 7) is -0.320. The second-order valence-corrected chi connectivity index (χ2v) is 3.63. The van der Waals surface area contributed by atoms with Crippen LogP contribution in [0.25, 0.3) is 0 Å². The molecule has 0 amide bonds. The van der Waals surface area contributed by atoms with E-state index in [1.165, 1.54) is 10.8 Å². The molecule has 0 bridgehead atoms. The fraction of sp³-hybridized carbons (Fsp3) is 0.400. The van der Waals surface area contributed by atoms with Gasteiger partial charge in [0.1, 0.15) is 18.2 Å². The average molecular weight is 216 g/mol. The van der Waals surface area contributed by atoms with Crippen molar-refractivity contribution >= 4 is 0 Å². The van der Waals surface area contributed by atoms with Gasteiger partial charge in [0, 0.05) is 12.2 Å². The summed E-state index contributed by atoms with van der Waals surface area (Å²) in [5.41, 5.74) is -1.29. The summed E-state index contributed by atoms with van der Waals surface area (Å²) in [4.78, 5) is 23.4. The molecule has 1 heterocycles. The van der Waals surface area contributed by atoms with Crippen LogP contribution in [-0.4, -0.2) is 9.13 Å². The van der Waals surface area contributed by atoms with Crippen LogP contribution in [0.3, 0.4) is 0 Å². The molecule has 0 saturated heterocycles. The molecule has 6 nitrogen and oxygen atoms in total. The van der Waals surface area contributed by atoms with Crippen LogP contribution >= 0.6 is 0 Å². The van der Waals surface area contributed by atoms with Crippen LogP contribution in [0.4, 0.5) is 0 Å². The number of nitrogens with zero attached hydrogens (tertiary/aromatic N) is 4. The highest BCUT2D eigenvalue weighted by molar-refractivity contribution is 5.23. The van der Waals surface area contributed by atoms with Crippen LogP contribution in [0.2, 0.25) is 0 Å². The maximum Gasteiger partial charge on any atom is 0.332 e. The predicted molar refractivity (Wildman–Crippen MR) is 53.6 cm³/mol. The average Bonchev–Trinajstić information content (AvgIpc) is 3.08. The van der Waals surface area contributed by atoms with Crippen molar-refractivity contribution in [3.05, 3.63) is 32.6 Å². The zero-order chi connectivity index (χ0) is 11.7. The molecule has 0 unspecified atom stereocenters. The van der Waals surface area contributed by atoms with Gasteiger partial charge in [-0.05, 0) is 12.8 Å². The van der Waals surface area contributed by atoms with Gasteiger partial charge in [-0.25, -0.2) is 9.36 Å². The second kappa shape index (κ2) is 3.67. The Bertz CT molecular complexity index is 622. The van der Waals surface area contributed by atoms with E-state index in [9.17, 15) is 9.59 Å². The Morgan fingerprint density at radius 1 is 1.38 bits per heavy atom. The lowest BCUT2D eigenvalue weighted by Gasteiger charge is -2.06. The smallest absolute Gasteiger partial charge is 0.296 e. The van der Waals surface area contributed by atoms with Crippen molar-refractivity contribution in [3.63, 3.8) is 0 Å². The van der Waals surface area contributed by atoms with Crippen LogP contribution in [-0.2, 0) is 6.54 Å². The normalized spacial score (nSPS) is 14.1. The highest BCUT2D eigenvalue weighted by Gasteiger charge is 2.26. The molecule has 0 atom stereocenters. The fourth-order valence-corrected chi connectivity index (χ4v) is 1.52. The number of hydrogen-bond acceptors (Lipinski definition) is 4. The Morgan fingerprint density at radius 3 is 2.56 bits per heavy atom. The van der Waals surface area contributed by atoms with E-state index in [0.717, 1.165) is 17.4 Å². The van der Waals surface area contributed by atoms with E-state index >= 15 is 0 Å². The third kappa shape index (κ3) is 1.51. The summed E-state index contributed by atoms with van der Waals surface area (Å²) in [5, 5.41) is 17.3. The number of hydrogen-bond donors (Lipinski definition) is 0. The summed E-state index contributed by atoms with van der Waals surface area (Å²) in [6, 6.07) is 3.56. The lowest BCUT2D eigenvalue weighted by Crippen LogP contribution is -2.40. The molecule has 1 saturated carbocycles. The van der Waals surface area contributed by atoms with E-state index in [-0.39, 0.29) is 18.2 Å². The van der Waals surface area contributed by atoms with Gasteiger partial charge in [-0.3, -0.25) is 9.36 Å². The number of nitriles is 2. The zero-order valence-corrected chi connectivity index (χ0v) is 8.38. The van der Waals surface area contributed by atoms with Gasteiger partial charge in [-0.2, -0.15) is 10.5 Å². The van der Waals surface area contributed by atoms with Crippen molar-refractivity contribution < 1.29 is 0 Å². The fourth-order valence-electron chi connectivity index (χ4n) is 1.52. The monoisotopic (exact) mass is 216 g/mol. The molecule has 1 aliphatic carbocycles. The predicted octanol–water partition coefficient (Wildman–Crippen LogP) is -0.260. The van der Waals surface area contributed by atoms with Crippen LogP contribution in [0, 0.1) is 22.7 Å². The van der Waals surface area contributed by atoms with Crippen molar-refractivity contribution in [1.29, 1.82) is 10.5 Å². The highest BCUT2D eigenvalue weighted by Crippen LogP contribution is 2.33. The van der Waals surface area contributed by atoms with Crippen LogP contribution in [0.5, 0.6) is 0 Å². The van der Waals surface area contributed by atoms with E-state index in [2.05, 4.69) is 0 Å². The zero-order valence-electron chi connectivity index (χ0n) is 8.38. The largest absolute Gasteiger partial charge is 0.332 e. The molecular formula is C10H8N4O2. The molecule has 0 aliphatic heterocycles. The summed E-state index contributed by atoms with van der Waals surface area (Å²) >= 11 is 0. The molecule has 6 heteroatoms. The van der Waals surface area contributed by atoms with Gasteiger partial charge in [-0.1, -0.05) is 0 Å². The first-order valence-electron chi connectivity index (χ1n) is 4.82. The first-order chi connectivity index (χ1) is 7.69. The van der Waals surface area contributed by atoms with E-state index in [0.29, 0.717) is 0 Å². The molecule has 80 valence electrons. The van der Waals surface area contributed by atoms with Gasteiger partial charge in [0.15, 0.2) is 0 Å². The van der Waals surface area contributed by atoms with Gasteiger partial charge in [0.2, 0.25) is 0 Å². The summed E-state index contributed by atoms with van der Waals surface area (Å²) in [6.07, 6.45) is 3.03. The molecule has 0 radical (unpaired) electrons. The lowest BCUT2D eigenvalue weighted by molar-refractivity contribution is 0.596. The SMILES string of the molecule is N#CCn1c(=O)c(C#N)cn(C2CC2)c1=O. The molecular weight excluding hydrogens is 208 g/mol. The minimum absolute atomic E-state index is 0.0742. The highest BCUT2D eigenvalue weighted by atomic mass is 16.2. The third-order valence-electron chi connectivity index (χ3n) is 2.49. The van der Waals surface area contributed by atoms with Gasteiger partial charge >= 0.3 is 5.69 Å². The van der Waals surface area contributed by atoms with Crippen molar-refractivity contribution in [2.24, 2.45) is 0 Å². The van der Waals surface area contributed by atoms with Crippen molar-refractivity contribution in [2.45, 2.75) is 25.4 Å². The first kappa shape index (κ1) is 10.2. The lowest BCUT2D eigenvalue weighted by atomic mass is 10.3. The first-order valence-corrected chi connectivity index (χ1v) is 4.82. The standard InChI is InChI=1S/C10H8N4O2/c11-3-4-13-9(15)7(5-12)6-14(10(13)16)8-1-2-8/h6,8H,1-2,4H2. The Balaban J connectivity index is 2.72. The molecule has 2 rings (SSSR count). The van der Waals surface area contributed by atoms with Gasteiger partial charge in [0.05, 0.1) is 6.07 Å². The van der Waals surface area contributed by atoms with Gasteiger partial charge in [-0.15, -0.1) is 0 Å². The molecule has 0 aromatic carbocycles. The molecule has 0 N–H and O–H groups in total. The Kier molecular flexibility index (Phi) is 2.34. The van der Waals surface area contributed by atoms with E-state index < -0.39 is 11.2 Å². The molecule has 1 aromatic heterocycles. The maximum atomic E-state index is 11.8. The van der Waals surface area contributed by atoms with Crippen LogP contribution in [0.15, 0.2) is 15.8 Å². The molecule has 0 spiro atoms. The minimum Gasteiger partial charge on any atom is -0.296 e. The maximum absolute atomic E-state index is 11.8. The molecule has 1 aliphatic rings. The Hall–Kier alpha value is -2.34. The van der Waals surface area contributed by atoms with E-state index in [1.807, 2.05) is 0 Å². The molecule has 1 fully saturated rings. The van der Waals surface area contributed by atoms with Crippen molar-refractivity contribution in [1.82, 2.24) is 9.13 Å². The van der Waals surface area contributed by atoms with E-state index in [1.54, 1.807) is 12.1 Å². The quantitative estimate of drug-likeness (QED) is 0.680. The minimum atomic E-state index is -0.689. The number of rotatable bonds is 2. The molecule has 16 heavy (non-hydrogen) atoms. The van der Waals surface area contributed by atoms with Crippen molar-refractivity contribution in [3.8, 4) is 12.1 Å². The Labute approximate surface area is 90.6 Å².